The Morgan fingerprint density at radius 3 is 2.79 bits per heavy atom. The molecule has 0 aliphatic carbocycles. The summed E-state index contributed by atoms with van der Waals surface area (Å²) in [5.74, 6) is 2.22. The first kappa shape index (κ1) is 16.1. The summed E-state index contributed by atoms with van der Waals surface area (Å²) in [7, 11) is 1.65. The molecule has 0 saturated carbocycles. The zero-order chi connectivity index (χ0) is 17.1. The molecule has 1 atom stereocenters. The topological polar surface area (TPSA) is 47.1 Å². The SMILES string of the molecule is C=CCc1ccc(O[C@@H](C)c2nc3ccc(C)cc3[nH]2)c(OC)c1. The van der Waals surface area contributed by atoms with Gasteiger partial charge in [0.2, 0.25) is 0 Å². The van der Waals surface area contributed by atoms with Crippen LogP contribution in [0.3, 0.4) is 0 Å². The van der Waals surface area contributed by atoms with Gasteiger partial charge in [0.15, 0.2) is 17.6 Å². The molecule has 0 fully saturated rings. The number of nitrogens with one attached hydrogen (secondary N) is 1. The summed E-state index contributed by atoms with van der Waals surface area (Å²) in [5, 5.41) is 0. The average Bonchev–Trinajstić information content (AvgIpc) is 2.99. The van der Waals surface area contributed by atoms with Gasteiger partial charge in [-0.3, -0.25) is 0 Å². The van der Waals surface area contributed by atoms with Gasteiger partial charge in [0.05, 0.1) is 18.1 Å². The van der Waals surface area contributed by atoms with Crippen molar-refractivity contribution in [3.63, 3.8) is 0 Å². The zero-order valence-corrected chi connectivity index (χ0v) is 14.3. The highest BCUT2D eigenvalue weighted by Crippen LogP contribution is 2.32. The van der Waals surface area contributed by atoms with Gasteiger partial charge in [-0.1, -0.05) is 18.2 Å². The second-order valence-corrected chi connectivity index (χ2v) is 5.88. The van der Waals surface area contributed by atoms with Gasteiger partial charge in [-0.25, -0.2) is 4.98 Å². The molecule has 0 saturated heterocycles. The zero-order valence-electron chi connectivity index (χ0n) is 14.3. The van der Waals surface area contributed by atoms with E-state index < -0.39 is 0 Å². The number of fused-ring (bicyclic) bond motifs is 1. The number of hydrogen-bond acceptors (Lipinski definition) is 3. The van der Waals surface area contributed by atoms with Crippen LogP contribution in [-0.4, -0.2) is 17.1 Å². The van der Waals surface area contributed by atoms with E-state index in [1.165, 1.54) is 5.56 Å². The van der Waals surface area contributed by atoms with Crippen molar-refractivity contribution in [1.29, 1.82) is 0 Å². The molecule has 4 heteroatoms. The fraction of sp³-hybridized carbons (Fsp3) is 0.250. The number of methoxy groups -OCH3 is 1. The van der Waals surface area contributed by atoms with Gasteiger partial charge in [0.1, 0.15) is 5.82 Å². The molecule has 4 nitrogen and oxygen atoms in total. The van der Waals surface area contributed by atoms with Crippen molar-refractivity contribution in [2.24, 2.45) is 0 Å². The fourth-order valence-corrected chi connectivity index (χ4v) is 2.68. The van der Waals surface area contributed by atoms with E-state index in [-0.39, 0.29) is 6.10 Å². The van der Waals surface area contributed by atoms with Crippen LogP contribution < -0.4 is 9.47 Å². The van der Waals surface area contributed by atoms with Gasteiger partial charge in [0.25, 0.3) is 0 Å². The van der Waals surface area contributed by atoms with Gasteiger partial charge < -0.3 is 14.5 Å². The van der Waals surface area contributed by atoms with Crippen LogP contribution in [0.25, 0.3) is 11.0 Å². The van der Waals surface area contributed by atoms with E-state index in [9.17, 15) is 0 Å². The lowest BCUT2D eigenvalue weighted by atomic mass is 10.1. The Morgan fingerprint density at radius 2 is 2.04 bits per heavy atom. The van der Waals surface area contributed by atoms with E-state index in [0.29, 0.717) is 11.5 Å². The number of rotatable bonds is 6. The molecule has 0 bridgehead atoms. The highest BCUT2D eigenvalue weighted by molar-refractivity contribution is 5.75. The summed E-state index contributed by atoms with van der Waals surface area (Å²) in [6.45, 7) is 7.80. The number of aromatic nitrogens is 2. The maximum Gasteiger partial charge on any atom is 0.162 e. The smallest absolute Gasteiger partial charge is 0.162 e. The van der Waals surface area contributed by atoms with Crippen molar-refractivity contribution in [3.8, 4) is 11.5 Å². The third-order valence-electron chi connectivity index (χ3n) is 3.95. The number of nitrogens with zero attached hydrogens (tertiary/aromatic N) is 1. The third-order valence-corrected chi connectivity index (χ3v) is 3.95. The molecule has 1 aromatic heterocycles. The molecular formula is C20H22N2O2. The third kappa shape index (κ3) is 3.27. The summed E-state index contributed by atoms with van der Waals surface area (Å²) in [4.78, 5) is 7.95. The van der Waals surface area contributed by atoms with E-state index in [4.69, 9.17) is 9.47 Å². The minimum absolute atomic E-state index is 0.211. The van der Waals surface area contributed by atoms with Crippen molar-refractivity contribution in [2.45, 2.75) is 26.4 Å². The predicted molar refractivity (Wildman–Crippen MR) is 96.8 cm³/mol. The Morgan fingerprint density at radius 1 is 1.21 bits per heavy atom. The Balaban J connectivity index is 1.84. The number of imidazole rings is 1. The monoisotopic (exact) mass is 322 g/mol. The van der Waals surface area contributed by atoms with Gasteiger partial charge in [0, 0.05) is 0 Å². The van der Waals surface area contributed by atoms with Crippen molar-refractivity contribution in [2.75, 3.05) is 7.11 Å². The van der Waals surface area contributed by atoms with E-state index in [2.05, 4.69) is 35.6 Å². The number of aromatic amines is 1. The lowest BCUT2D eigenvalue weighted by Crippen LogP contribution is -2.06. The largest absolute Gasteiger partial charge is 0.493 e. The first-order valence-corrected chi connectivity index (χ1v) is 8.01. The van der Waals surface area contributed by atoms with Gasteiger partial charge in [-0.15, -0.1) is 6.58 Å². The van der Waals surface area contributed by atoms with Crippen molar-refractivity contribution >= 4 is 11.0 Å². The van der Waals surface area contributed by atoms with Crippen LogP contribution in [0, 0.1) is 6.92 Å². The van der Waals surface area contributed by atoms with E-state index >= 15 is 0 Å². The summed E-state index contributed by atoms with van der Waals surface area (Å²) >= 11 is 0. The minimum atomic E-state index is -0.211. The summed E-state index contributed by atoms with van der Waals surface area (Å²) in [6.07, 6.45) is 2.46. The van der Waals surface area contributed by atoms with Gasteiger partial charge >= 0.3 is 0 Å². The second kappa shape index (κ2) is 6.79. The number of allylic oxidation sites excluding steroid dienone is 1. The summed E-state index contributed by atoms with van der Waals surface area (Å²) in [6, 6.07) is 12.1. The lowest BCUT2D eigenvalue weighted by Gasteiger charge is -2.16. The molecule has 124 valence electrons. The van der Waals surface area contributed by atoms with Crippen molar-refractivity contribution in [3.05, 3.63) is 66.0 Å². The Labute approximate surface area is 142 Å². The summed E-state index contributed by atoms with van der Waals surface area (Å²) in [5.41, 5.74) is 4.31. The summed E-state index contributed by atoms with van der Waals surface area (Å²) < 4.78 is 11.5. The Bertz CT molecular complexity index is 867. The van der Waals surface area contributed by atoms with Crippen LogP contribution in [-0.2, 0) is 6.42 Å². The van der Waals surface area contributed by atoms with E-state index in [0.717, 1.165) is 28.8 Å². The first-order valence-electron chi connectivity index (χ1n) is 8.01. The molecule has 0 aliphatic rings. The molecule has 0 amide bonds. The van der Waals surface area contributed by atoms with Crippen LogP contribution in [0.4, 0.5) is 0 Å². The number of ether oxygens (including phenoxy) is 2. The quantitative estimate of drug-likeness (QED) is 0.666. The predicted octanol–water partition coefficient (Wildman–Crippen LogP) is 4.75. The molecule has 0 aliphatic heterocycles. The van der Waals surface area contributed by atoms with Crippen LogP contribution >= 0.6 is 0 Å². The molecule has 1 N–H and O–H groups in total. The molecule has 0 spiro atoms. The number of H-pyrrole nitrogens is 1. The number of hydrogen-bond donors (Lipinski definition) is 1. The van der Waals surface area contributed by atoms with Crippen LogP contribution in [0.5, 0.6) is 11.5 Å². The van der Waals surface area contributed by atoms with Crippen LogP contribution in [0.2, 0.25) is 0 Å². The fourth-order valence-electron chi connectivity index (χ4n) is 2.68. The van der Waals surface area contributed by atoms with E-state index in [1.54, 1.807) is 7.11 Å². The second-order valence-electron chi connectivity index (χ2n) is 5.88. The molecule has 3 rings (SSSR count). The van der Waals surface area contributed by atoms with Crippen molar-refractivity contribution < 1.29 is 9.47 Å². The average molecular weight is 322 g/mol. The molecule has 1 heterocycles. The van der Waals surface area contributed by atoms with Gasteiger partial charge in [-0.05, 0) is 55.7 Å². The molecule has 2 aromatic carbocycles. The normalized spacial score (nSPS) is 12.1. The standard InChI is InChI=1S/C20H22N2O2/c1-5-6-15-8-10-18(19(12-15)23-4)24-14(3)20-21-16-9-7-13(2)11-17(16)22-20/h5,7-12,14H,1,6H2,2-4H3,(H,21,22)/t14-/m0/s1. The first-order chi connectivity index (χ1) is 11.6. The van der Waals surface area contributed by atoms with Crippen molar-refractivity contribution in [1.82, 2.24) is 9.97 Å². The lowest BCUT2D eigenvalue weighted by molar-refractivity contribution is 0.208. The van der Waals surface area contributed by atoms with Crippen LogP contribution in [0.1, 0.15) is 30.0 Å². The Hall–Kier alpha value is -2.75. The maximum atomic E-state index is 6.07. The minimum Gasteiger partial charge on any atom is -0.493 e. The Kier molecular flexibility index (Phi) is 4.56. The maximum absolute atomic E-state index is 6.07. The number of benzene rings is 2. The molecular weight excluding hydrogens is 300 g/mol. The van der Waals surface area contributed by atoms with E-state index in [1.807, 2.05) is 37.3 Å². The molecule has 0 unspecified atom stereocenters. The van der Waals surface area contributed by atoms with Gasteiger partial charge in [-0.2, -0.15) is 0 Å². The highest BCUT2D eigenvalue weighted by Gasteiger charge is 2.15. The highest BCUT2D eigenvalue weighted by atomic mass is 16.5. The molecule has 24 heavy (non-hydrogen) atoms. The number of aryl methyl sites for hydroxylation is 1. The van der Waals surface area contributed by atoms with Crippen LogP contribution in [0.15, 0.2) is 49.1 Å². The molecule has 0 radical (unpaired) electrons. The molecule has 3 aromatic rings.